The van der Waals surface area contributed by atoms with Gasteiger partial charge in [0.05, 0.1) is 30.4 Å². The first-order valence-electron chi connectivity index (χ1n) is 12.0. The Labute approximate surface area is 216 Å². The summed E-state index contributed by atoms with van der Waals surface area (Å²) in [7, 11) is -3.50. The zero-order chi connectivity index (χ0) is 27.0. The summed E-state index contributed by atoms with van der Waals surface area (Å²) in [4.78, 5) is 13.6. The second-order valence-corrected chi connectivity index (χ2v) is 12.1. The van der Waals surface area contributed by atoms with E-state index in [0.717, 1.165) is 22.9 Å². The molecule has 1 aromatic heterocycles. The number of aromatic hydroxyl groups is 1. The van der Waals surface area contributed by atoms with Crippen molar-refractivity contribution in [2.75, 3.05) is 6.26 Å². The molecule has 0 spiro atoms. The smallest absolute Gasteiger partial charge is 0.209 e. The van der Waals surface area contributed by atoms with Crippen LogP contribution in [0.1, 0.15) is 47.8 Å². The summed E-state index contributed by atoms with van der Waals surface area (Å²) < 4.78 is 29.3. The van der Waals surface area contributed by atoms with Crippen molar-refractivity contribution in [1.29, 1.82) is 5.41 Å². The Morgan fingerprint density at radius 2 is 1.57 bits per heavy atom. The van der Waals surface area contributed by atoms with Crippen molar-refractivity contribution in [1.82, 2.24) is 13.9 Å². The zero-order valence-corrected chi connectivity index (χ0v) is 22.3. The number of benzene rings is 3. The topological polar surface area (TPSA) is 117 Å². The van der Waals surface area contributed by atoms with E-state index in [9.17, 15) is 18.3 Å². The molecule has 0 saturated carbocycles. The van der Waals surface area contributed by atoms with Gasteiger partial charge >= 0.3 is 0 Å². The molecule has 194 valence electrons. The van der Waals surface area contributed by atoms with Crippen LogP contribution in [0.25, 0.3) is 11.0 Å². The number of carbonyl (C=O) groups is 1. The summed E-state index contributed by atoms with van der Waals surface area (Å²) in [6.07, 6.45) is 1.04. The molecular formula is C28H32N4O4S. The van der Waals surface area contributed by atoms with Gasteiger partial charge in [0.15, 0.2) is 5.78 Å². The van der Waals surface area contributed by atoms with Gasteiger partial charge < -0.3 is 14.2 Å². The number of aromatic nitrogens is 2. The monoisotopic (exact) mass is 520 g/mol. The molecule has 9 heteroatoms. The Morgan fingerprint density at radius 3 is 2.16 bits per heavy atom. The number of rotatable bonds is 8. The fourth-order valence-electron chi connectivity index (χ4n) is 4.39. The van der Waals surface area contributed by atoms with Crippen molar-refractivity contribution in [2.45, 2.75) is 45.8 Å². The summed E-state index contributed by atoms with van der Waals surface area (Å²) in [5, 5.41) is 19.8. The molecule has 3 aromatic carbocycles. The fourth-order valence-corrected chi connectivity index (χ4v) is 4.80. The quantitative estimate of drug-likeness (QED) is 0.305. The minimum atomic E-state index is -3.50. The van der Waals surface area contributed by atoms with E-state index in [0.29, 0.717) is 23.2 Å². The number of para-hydroxylation sites is 2. The van der Waals surface area contributed by atoms with E-state index in [2.05, 4.69) is 4.72 Å². The lowest BCUT2D eigenvalue weighted by molar-refractivity contribution is 0.0971. The van der Waals surface area contributed by atoms with E-state index >= 15 is 0 Å². The van der Waals surface area contributed by atoms with Crippen LogP contribution in [0.3, 0.4) is 0 Å². The molecule has 0 bridgehead atoms. The second kappa shape index (κ2) is 9.99. The van der Waals surface area contributed by atoms with Crippen LogP contribution in [0.4, 0.5) is 0 Å². The number of phenolic OH excluding ortho intramolecular Hbond substituents is 1. The summed E-state index contributed by atoms with van der Waals surface area (Å²) >= 11 is 0. The Hall–Kier alpha value is -3.69. The van der Waals surface area contributed by atoms with Crippen LogP contribution in [-0.2, 0) is 35.1 Å². The number of nitrogens with zero attached hydrogens (tertiary/aromatic N) is 2. The zero-order valence-electron chi connectivity index (χ0n) is 21.4. The second-order valence-electron chi connectivity index (χ2n) is 10.3. The molecule has 8 nitrogen and oxygen atoms in total. The number of carbonyl (C=O) groups excluding carboxylic acids is 1. The number of phenols is 1. The van der Waals surface area contributed by atoms with E-state index in [4.69, 9.17) is 5.41 Å². The van der Waals surface area contributed by atoms with Crippen LogP contribution in [0.2, 0.25) is 0 Å². The normalized spacial score (nSPS) is 12.2. The molecule has 0 unspecified atom stereocenters. The van der Waals surface area contributed by atoms with Gasteiger partial charge in [-0.1, -0.05) is 63.2 Å². The third-order valence-electron chi connectivity index (χ3n) is 6.30. The molecule has 1 heterocycles. The Morgan fingerprint density at radius 1 is 0.973 bits per heavy atom. The summed E-state index contributed by atoms with van der Waals surface area (Å²) in [5.74, 6) is -0.277. The molecule has 0 fully saturated rings. The number of Topliss-reactive ketones (excluding diaryl/α,β-unsaturated/α-hetero) is 1. The van der Waals surface area contributed by atoms with Crippen molar-refractivity contribution < 1.29 is 18.3 Å². The number of imidazole rings is 1. The highest BCUT2D eigenvalue weighted by Gasteiger charge is 2.24. The Bertz CT molecular complexity index is 1630. The molecule has 37 heavy (non-hydrogen) atoms. The maximum atomic E-state index is 13.6. The predicted molar refractivity (Wildman–Crippen MR) is 144 cm³/mol. The lowest BCUT2D eigenvalue weighted by Crippen LogP contribution is -2.28. The number of nitrogens with one attached hydrogen (secondary N) is 2. The third-order valence-corrected chi connectivity index (χ3v) is 6.97. The first kappa shape index (κ1) is 26.4. The molecule has 0 aliphatic heterocycles. The number of fused-ring (bicyclic) bond motifs is 1. The first-order valence-corrected chi connectivity index (χ1v) is 13.8. The molecule has 0 aliphatic carbocycles. The van der Waals surface area contributed by atoms with Gasteiger partial charge in [-0.05, 0) is 35.2 Å². The largest absolute Gasteiger partial charge is 0.507 e. The van der Waals surface area contributed by atoms with Crippen LogP contribution < -0.4 is 10.3 Å². The van der Waals surface area contributed by atoms with Gasteiger partial charge in [0.2, 0.25) is 15.6 Å². The van der Waals surface area contributed by atoms with Crippen molar-refractivity contribution in [3.05, 3.63) is 94.6 Å². The molecule has 4 rings (SSSR count). The fraction of sp³-hybridized carbons (Fsp3) is 0.286. The lowest BCUT2D eigenvalue weighted by Gasteiger charge is -2.23. The molecule has 3 N–H and O–H groups in total. The predicted octanol–water partition coefficient (Wildman–Crippen LogP) is 3.91. The Kier molecular flexibility index (Phi) is 7.12. The van der Waals surface area contributed by atoms with Gasteiger partial charge in [0.25, 0.3) is 0 Å². The average Bonchev–Trinajstić information content (AvgIpc) is 3.08. The molecule has 0 amide bonds. The van der Waals surface area contributed by atoms with Crippen LogP contribution in [-0.4, -0.2) is 34.7 Å². The molecule has 0 aliphatic rings. The van der Waals surface area contributed by atoms with E-state index in [1.165, 1.54) is 6.07 Å². The van der Waals surface area contributed by atoms with E-state index < -0.39 is 15.4 Å². The van der Waals surface area contributed by atoms with Gasteiger partial charge in [0, 0.05) is 23.2 Å². The number of ketones is 1. The van der Waals surface area contributed by atoms with Gasteiger partial charge in [-0.2, -0.15) is 0 Å². The average molecular weight is 521 g/mol. The minimum absolute atomic E-state index is 0.0338. The molecular weight excluding hydrogens is 488 g/mol. The highest BCUT2D eigenvalue weighted by molar-refractivity contribution is 7.88. The van der Waals surface area contributed by atoms with E-state index in [-0.39, 0.29) is 30.2 Å². The van der Waals surface area contributed by atoms with Crippen LogP contribution in [0, 0.1) is 5.41 Å². The van der Waals surface area contributed by atoms with Crippen LogP contribution >= 0.6 is 0 Å². The summed E-state index contributed by atoms with van der Waals surface area (Å²) in [6, 6.07) is 20.7. The number of hydrogen-bond donors (Lipinski definition) is 3. The summed E-state index contributed by atoms with van der Waals surface area (Å²) in [6.45, 7) is 6.03. The molecule has 4 aromatic rings. The van der Waals surface area contributed by atoms with Crippen molar-refractivity contribution in [2.24, 2.45) is 0 Å². The minimum Gasteiger partial charge on any atom is -0.507 e. The SMILES string of the molecule is CC(C)(C)c1cc(C(=O)Cn2c(=N)n(Cc3ccccc3)c3ccccc32)cc(CNS(C)(=O)=O)c1O. The van der Waals surface area contributed by atoms with Gasteiger partial charge in [0.1, 0.15) is 5.75 Å². The van der Waals surface area contributed by atoms with Crippen molar-refractivity contribution >= 4 is 26.8 Å². The maximum Gasteiger partial charge on any atom is 0.209 e. The standard InChI is InChI=1S/C28H32N4O4S/c1-28(2,3)22-15-20(14-21(26(22)34)16-30-37(4,35)36)25(33)18-32-24-13-9-8-12-23(24)31(27(32)29)17-19-10-6-5-7-11-19/h5-15,29-30,34H,16-18H2,1-4H3. The van der Waals surface area contributed by atoms with Gasteiger partial charge in [-0.3, -0.25) is 10.2 Å². The van der Waals surface area contributed by atoms with Crippen molar-refractivity contribution in [3.63, 3.8) is 0 Å². The van der Waals surface area contributed by atoms with Gasteiger partial charge in [-0.25, -0.2) is 13.1 Å². The van der Waals surface area contributed by atoms with Crippen LogP contribution in [0.15, 0.2) is 66.7 Å². The van der Waals surface area contributed by atoms with Gasteiger partial charge in [-0.15, -0.1) is 0 Å². The van der Waals surface area contributed by atoms with E-state index in [1.807, 2.05) is 79.9 Å². The number of hydrogen-bond acceptors (Lipinski definition) is 5. The molecule has 0 saturated heterocycles. The highest BCUT2D eigenvalue weighted by Crippen LogP contribution is 2.35. The Balaban J connectivity index is 1.76. The number of sulfonamides is 1. The van der Waals surface area contributed by atoms with Crippen LogP contribution in [0.5, 0.6) is 5.75 Å². The van der Waals surface area contributed by atoms with E-state index in [1.54, 1.807) is 10.6 Å². The first-order chi connectivity index (χ1) is 17.3. The summed E-state index contributed by atoms with van der Waals surface area (Å²) in [5.41, 5.74) is 3.60. The highest BCUT2D eigenvalue weighted by atomic mass is 32.2. The third kappa shape index (κ3) is 5.84. The van der Waals surface area contributed by atoms with Crippen molar-refractivity contribution in [3.8, 4) is 5.75 Å². The lowest BCUT2D eigenvalue weighted by atomic mass is 9.83. The molecule has 0 radical (unpaired) electrons. The maximum absolute atomic E-state index is 13.6. The molecule has 0 atom stereocenters.